The smallest absolute Gasteiger partial charge is 0.475 e. The Labute approximate surface area is 178 Å². The molecule has 184 valence electrons. The quantitative estimate of drug-likeness (QED) is 0.557. The number of rotatable bonds is 5. The fraction of sp³-hybridized carbons (Fsp3) is 0.611. The van der Waals surface area contributed by atoms with Crippen molar-refractivity contribution >= 4 is 11.9 Å². The van der Waals surface area contributed by atoms with Crippen LogP contribution in [-0.4, -0.2) is 70.2 Å². The summed E-state index contributed by atoms with van der Waals surface area (Å²) in [6, 6.07) is 3.77. The molecule has 1 fully saturated rings. The van der Waals surface area contributed by atoms with Gasteiger partial charge in [-0.05, 0) is 31.9 Å². The molecule has 1 aliphatic heterocycles. The van der Waals surface area contributed by atoms with Gasteiger partial charge < -0.3 is 19.9 Å². The van der Waals surface area contributed by atoms with Crippen molar-refractivity contribution < 1.29 is 50.9 Å². The number of aromatic amines is 1. The molecule has 0 saturated carbocycles. The Morgan fingerprint density at radius 2 is 1.66 bits per heavy atom. The van der Waals surface area contributed by atoms with E-state index in [1.54, 1.807) is 6.20 Å². The summed E-state index contributed by atoms with van der Waals surface area (Å²) in [6.45, 7) is 5.57. The van der Waals surface area contributed by atoms with Crippen molar-refractivity contribution in [3.05, 3.63) is 34.2 Å². The van der Waals surface area contributed by atoms with E-state index >= 15 is 0 Å². The van der Waals surface area contributed by atoms with Gasteiger partial charge in [-0.2, -0.15) is 26.3 Å². The van der Waals surface area contributed by atoms with E-state index in [-0.39, 0.29) is 5.56 Å². The Bertz CT molecular complexity index is 735. The third kappa shape index (κ3) is 12.9. The van der Waals surface area contributed by atoms with E-state index < -0.39 is 24.3 Å². The maximum Gasteiger partial charge on any atom is 0.490 e. The van der Waals surface area contributed by atoms with E-state index in [1.807, 2.05) is 12.1 Å². The van der Waals surface area contributed by atoms with Crippen LogP contribution >= 0.6 is 0 Å². The highest BCUT2D eigenvalue weighted by molar-refractivity contribution is 5.73. The summed E-state index contributed by atoms with van der Waals surface area (Å²) in [7, 11) is 0. The van der Waals surface area contributed by atoms with Gasteiger partial charge in [0.05, 0.1) is 6.10 Å². The van der Waals surface area contributed by atoms with Crippen molar-refractivity contribution in [2.24, 2.45) is 0 Å². The van der Waals surface area contributed by atoms with E-state index in [2.05, 4.69) is 16.8 Å². The molecular weight excluding hydrogens is 454 g/mol. The van der Waals surface area contributed by atoms with Crippen molar-refractivity contribution in [1.82, 2.24) is 9.88 Å². The molecule has 1 atom stereocenters. The Kier molecular flexibility index (Phi) is 12.6. The molecule has 2 heterocycles. The van der Waals surface area contributed by atoms with Crippen LogP contribution in [-0.2, 0) is 20.9 Å². The second-order valence-electron chi connectivity index (χ2n) is 6.45. The van der Waals surface area contributed by atoms with Crippen LogP contribution in [0, 0.1) is 0 Å². The molecular formula is C18H24F6N2O6. The Morgan fingerprint density at radius 1 is 1.12 bits per heavy atom. The van der Waals surface area contributed by atoms with Crippen LogP contribution in [0.1, 0.15) is 31.7 Å². The minimum Gasteiger partial charge on any atom is -0.475 e. The first-order valence-corrected chi connectivity index (χ1v) is 9.29. The van der Waals surface area contributed by atoms with Crippen molar-refractivity contribution in [2.75, 3.05) is 19.7 Å². The van der Waals surface area contributed by atoms with Gasteiger partial charge in [-0.3, -0.25) is 9.69 Å². The summed E-state index contributed by atoms with van der Waals surface area (Å²) < 4.78 is 69.2. The zero-order valence-corrected chi connectivity index (χ0v) is 17.0. The molecule has 3 N–H and O–H groups in total. The topological polar surface area (TPSA) is 120 Å². The van der Waals surface area contributed by atoms with Crippen LogP contribution < -0.4 is 5.56 Å². The van der Waals surface area contributed by atoms with Crippen molar-refractivity contribution in [3.63, 3.8) is 0 Å². The van der Waals surface area contributed by atoms with Crippen molar-refractivity contribution in [3.8, 4) is 0 Å². The van der Waals surface area contributed by atoms with Gasteiger partial charge in [0.15, 0.2) is 0 Å². The molecule has 0 radical (unpaired) electrons. The number of pyridine rings is 1. The normalized spacial score (nSPS) is 16.3. The summed E-state index contributed by atoms with van der Waals surface area (Å²) in [5, 5.41) is 14.2. The second-order valence-corrected chi connectivity index (χ2v) is 6.45. The first kappa shape index (κ1) is 29.4. The largest absolute Gasteiger partial charge is 0.490 e. The lowest BCUT2D eigenvalue weighted by Crippen LogP contribution is -2.36. The fourth-order valence-electron chi connectivity index (χ4n) is 2.37. The minimum absolute atomic E-state index is 0.0144. The zero-order chi connectivity index (χ0) is 24.9. The summed E-state index contributed by atoms with van der Waals surface area (Å²) in [5.41, 5.74) is 0.843. The number of hydrogen-bond donors (Lipinski definition) is 3. The molecule has 0 aromatic carbocycles. The van der Waals surface area contributed by atoms with Crippen LogP contribution in [0.2, 0.25) is 0 Å². The Hall–Kier alpha value is -2.61. The molecule has 0 amide bonds. The summed E-state index contributed by atoms with van der Waals surface area (Å²) >= 11 is 0. The third-order valence-electron chi connectivity index (χ3n) is 3.96. The third-order valence-corrected chi connectivity index (χ3v) is 3.96. The van der Waals surface area contributed by atoms with Gasteiger partial charge in [-0.25, -0.2) is 9.59 Å². The van der Waals surface area contributed by atoms with Crippen LogP contribution in [0.25, 0.3) is 0 Å². The molecule has 8 nitrogen and oxygen atoms in total. The van der Waals surface area contributed by atoms with Gasteiger partial charge in [-0.15, -0.1) is 0 Å². The Balaban J connectivity index is 0.000000570. The molecule has 1 aromatic rings. The highest BCUT2D eigenvalue weighted by atomic mass is 19.4. The molecule has 0 aliphatic carbocycles. The highest BCUT2D eigenvalue weighted by Crippen LogP contribution is 2.15. The molecule has 1 aromatic heterocycles. The van der Waals surface area contributed by atoms with Crippen molar-refractivity contribution in [2.45, 2.75) is 51.2 Å². The average Bonchev–Trinajstić information content (AvgIpc) is 2.69. The summed E-state index contributed by atoms with van der Waals surface area (Å²) in [5.74, 6) is -5.51. The number of aromatic nitrogens is 1. The number of carbonyl (C=O) groups is 2. The van der Waals surface area contributed by atoms with Crippen LogP contribution in [0.5, 0.6) is 0 Å². The van der Waals surface area contributed by atoms with E-state index in [0.29, 0.717) is 12.6 Å². The number of alkyl halides is 6. The maximum atomic E-state index is 11.6. The molecule has 14 heteroatoms. The van der Waals surface area contributed by atoms with Gasteiger partial charge in [0.2, 0.25) is 0 Å². The number of aliphatic carboxylic acids is 2. The van der Waals surface area contributed by atoms with Gasteiger partial charge in [0.25, 0.3) is 5.56 Å². The number of H-pyrrole nitrogens is 1. The lowest BCUT2D eigenvalue weighted by atomic mass is 10.1. The number of nitrogens with zero attached hydrogens (tertiary/aromatic N) is 1. The highest BCUT2D eigenvalue weighted by Gasteiger charge is 2.38. The van der Waals surface area contributed by atoms with Gasteiger partial charge in [0.1, 0.15) is 0 Å². The number of nitrogens with one attached hydrogen (secondary N) is 1. The van der Waals surface area contributed by atoms with Crippen LogP contribution in [0.4, 0.5) is 26.3 Å². The van der Waals surface area contributed by atoms with Crippen LogP contribution in [0.15, 0.2) is 23.1 Å². The lowest BCUT2D eigenvalue weighted by Gasteiger charge is -2.29. The van der Waals surface area contributed by atoms with E-state index in [1.165, 1.54) is 12.8 Å². The number of likely N-dealkylation sites (N-methyl/N-ethyl adjacent to an activating group) is 1. The van der Waals surface area contributed by atoms with Gasteiger partial charge in [0, 0.05) is 31.5 Å². The van der Waals surface area contributed by atoms with Crippen LogP contribution in [0.3, 0.4) is 0 Å². The average molecular weight is 478 g/mol. The molecule has 0 spiro atoms. The lowest BCUT2D eigenvalue weighted by molar-refractivity contribution is -0.193. The number of carboxylic acids is 2. The predicted octanol–water partition coefficient (Wildman–Crippen LogP) is 3.03. The number of halogens is 6. The predicted molar refractivity (Wildman–Crippen MR) is 99.0 cm³/mol. The first-order valence-electron chi connectivity index (χ1n) is 9.29. The van der Waals surface area contributed by atoms with Gasteiger partial charge in [-0.1, -0.05) is 13.0 Å². The molecule has 1 unspecified atom stereocenters. The van der Waals surface area contributed by atoms with E-state index in [0.717, 1.165) is 31.7 Å². The molecule has 1 saturated heterocycles. The van der Waals surface area contributed by atoms with E-state index in [4.69, 9.17) is 24.5 Å². The zero-order valence-electron chi connectivity index (χ0n) is 17.0. The molecule has 1 aliphatic rings. The number of carboxylic acid groups (broad SMARTS) is 2. The minimum atomic E-state index is -5.08. The van der Waals surface area contributed by atoms with Crippen molar-refractivity contribution in [1.29, 1.82) is 0 Å². The fourth-order valence-corrected chi connectivity index (χ4v) is 2.37. The summed E-state index contributed by atoms with van der Waals surface area (Å²) in [4.78, 5) is 34.4. The standard InChI is InChI=1S/C14H22N2O2.2C2HF3O2/c1-2-16(11-13-7-3-4-9-18-13)10-12-6-5-8-15-14(12)17;2*3-2(4,5)1(6)7/h5-6,8,13H,2-4,7,9-11H2,1H3,(H,15,17);2*(H,6,7). The second kappa shape index (κ2) is 13.7. The molecule has 2 rings (SSSR count). The monoisotopic (exact) mass is 478 g/mol. The maximum absolute atomic E-state index is 11.6. The SMILES string of the molecule is CCN(Cc1ccc[nH]c1=O)CC1CCCCO1.O=C(O)C(F)(F)F.O=C(O)C(F)(F)F. The van der Waals surface area contributed by atoms with Gasteiger partial charge >= 0.3 is 24.3 Å². The van der Waals surface area contributed by atoms with E-state index in [9.17, 15) is 31.1 Å². The number of ether oxygens (including phenoxy) is 1. The molecule has 32 heavy (non-hydrogen) atoms. The number of hydrogen-bond acceptors (Lipinski definition) is 5. The Morgan fingerprint density at radius 3 is 2.03 bits per heavy atom. The summed E-state index contributed by atoms with van der Waals surface area (Å²) in [6.07, 6.45) is -4.58. The first-order chi connectivity index (χ1) is 14.7. The molecule has 0 bridgehead atoms.